The van der Waals surface area contributed by atoms with Crippen molar-refractivity contribution < 1.29 is 14.3 Å². The maximum absolute atomic E-state index is 12.7. The van der Waals surface area contributed by atoms with E-state index in [9.17, 15) is 9.59 Å². The average Bonchev–Trinajstić information content (AvgIpc) is 2.74. The van der Waals surface area contributed by atoms with Crippen LogP contribution < -0.4 is 5.32 Å². The van der Waals surface area contributed by atoms with Crippen LogP contribution in [0.1, 0.15) is 72.6 Å². The van der Waals surface area contributed by atoms with Crippen molar-refractivity contribution in [1.82, 2.24) is 10.2 Å². The Morgan fingerprint density at radius 2 is 1.93 bits per heavy atom. The normalized spacial score (nSPS) is 13.8. The molecule has 0 aromatic heterocycles. The SMILES string of the molecule is C=C/C=C\C(=C/C)CCNC(=O)CCCN(CCC)C(=O)CC(CC(C)CC)OC. The number of ether oxygens (including phenoxy) is 1. The maximum Gasteiger partial charge on any atom is 0.225 e. The van der Waals surface area contributed by atoms with Crippen molar-refractivity contribution in [1.29, 1.82) is 0 Å². The molecule has 0 aliphatic heterocycles. The number of carbonyl (C=O) groups is 2. The Morgan fingerprint density at radius 1 is 1.20 bits per heavy atom. The monoisotopic (exact) mass is 420 g/mol. The van der Waals surface area contributed by atoms with Gasteiger partial charge in [0.2, 0.25) is 11.8 Å². The van der Waals surface area contributed by atoms with Gasteiger partial charge in [-0.05, 0) is 38.5 Å². The van der Waals surface area contributed by atoms with Crippen molar-refractivity contribution in [3.05, 3.63) is 36.5 Å². The van der Waals surface area contributed by atoms with Gasteiger partial charge in [-0.15, -0.1) is 0 Å². The van der Waals surface area contributed by atoms with Crippen molar-refractivity contribution in [3.63, 3.8) is 0 Å². The topological polar surface area (TPSA) is 58.6 Å². The Kier molecular flexibility index (Phi) is 16.8. The van der Waals surface area contributed by atoms with Gasteiger partial charge in [0.25, 0.3) is 0 Å². The number of amides is 2. The zero-order chi connectivity index (χ0) is 22.8. The molecule has 30 heavy (non-hydrogen) atoms. The highest BCUT2D eigenvalue weighted by Gasteiger charge is 2.20. The van der Waals surface area contributed by atoms with E-state index in [0.717, 1.165) is 32.2 Å². The summed E-state index contributed by atoms with van der Waals surface area (Å²) >= 11 is 0. The van der Waals surface area contributed by atoms with Gasteiger partial charge in [-0.2, -0.15) is 0 Å². The Morgan fingerprint density at radius 3 is 2.50 bits per heavy atom. The molecule has 0 radical (unpaired) electrons. The minimum atomic E-state index is -0.0361. The molecule has 2 unspecified atom stereocenters. The van der Waals surface area contributed by atoms with Crippen LogP contribution in [0, 0.1) is 5.92 Å². The van der Waals surface area contributed by atoms with Gasteiger partial charge < -0.3 is 15.0 Å². The highest BCUT2D eigenvalue weighted by molar-refractivity contribution is 5.77. The van der Waals surface area contributed by atoms with E-state index in [4.69, 9.17) is 4.74 Å². The first-order valence-corrected chi connectivity index (χ1v) is 11.4. The average molecular weight is 421 g/mol. The molecule has 1 N–H and O–H groups in total. The number of methoxy groups -OCH3 is 1. The predicted molar refractivity (Wildman–Crippen MR) is 126 cm³/mol. The Hall–Kier alpha value is -1.88. The van der Waals surface area contributed by atoms with E-state index in [1.807, 2.05) is 30.1 Å². The molecule has 0 aliphatic carbocycles. The molecule has 0 heterocycles. The minimum absolute atomic E-state index is 0.0357. The summed E-state index contributed by atoms with van der Waals surface area (Å²) in [6.07, 6.45) is 12.8. The molecule has 0 saturated carbocycles. The summed E-state index contributed by atoms with van der Waals surface area (Å²) in [7, 11) is 1.68. The number of hydrogen-bond acceptors (Lipinski definition) is 3. The van der Waals surface area contributed by atoms with Crippen molar-refractivity contribution >= 4 is 11.8 Å². The Balaban J connectivity index is 4.39. The van der Waals surface area contributed by atoms with Crippen molar-refractivity contribution in [2.45, 2.75) is 78.7 Å². The van der Waals surface area contributed by atoms with Crippen LogP contribution in [-0.2, 0) is 14.3 Å². The zero-order valence-electron chi connectivity index (χ0n) is 19.9. The first-order chi connectivity index (χ1) is 14.4. The molecule has 0 aliphatic rings. The van der Waals surface area contributed by atoms with E-state index in [1.165, 1.54) is 5.57 Å². The van der Waals surface area contributed by atoms with Gasteiger partial charge in [0.05, 0.1) is 12.5 Å². The summed E-state index contributed by atoms with van der Waals surface area (Å²) in [6.45, 7) is 14.0. The standard InChI is InChI=1S/C25H44N2O3/c1-7-11-13-22(10-4)15-16-26-24(28)14-12-18-27(17-8-2)25(29)20-23(30-6)19-21(5)9-3/h7,10-11,13,21,23H,1,8-9,12,14-20H2,2-6H3,(H,26,28)/b13-11-,22-10+. The summed E-state index contributed by atoms with van der Waals surface area (Å²) in [5.41, 5.74) is 1.17. The molecule has 2 atom stereocenters. The van der Waals surface area contributed by atoms with Gasteiger partial charge in [0, 0.05) is 33.2 Å². The van der Waals surface area contributed by atoms with Gasteiger partial charge in [-0.3, -0.25) is 9.59 Å². The highest BCUT2D eigenvalue weighted by atomic mass is 16.5. The number of allylic oxidation sites excluding steroid dienone is 4. The second-order valence-corrected chi connectivity index (χ2v) is 7.85. The van der Waals surface area contributed by atoms with E-state index >= 15 is 0 Å². The van der Waals surface area contributed by atoms with Crippen LogP contribution in [0.4, 0.5) is 0 Å². The van der Waals surface area contributed by atoms with Crippen LogP contribution in [-0.4, -0.2) is 49.6 Å². The summed E-state index contributed by atoms with van der Waals surface area (Å²) < 4.78 is 5.54. The smallest absolute Gasteiger partial charge is 0.225 e. The van der Waals surface area contributed by atoms with Crippen LogP contribution in [0.2, 0.25) is 0 Å². The van der Waals surface area contributed by atoms with Crippen molar-refractivity contribution in [3.8, 4) is 0 Å². The Bertz CT molecular complexity index is 555. The molecule has 0 aromatic carbocycles. The third-order valence-electron chi connectivity index (χ3n) is 5.33. The quantitative estimate of drug-likeness (QED) is 0.335. The van der Waals surface area contributed by atoms with Gasteiger partial charge >= 0.3 is 0 Å². The van der Waals surface area contributed by atoms with Crippen LogP contribution in [0.25, 0.3) is 0 Å². The fraction of sp³-hybridized carbons (Fsp3) is 0.680. The fourth-order valence-electron chi connectivity index (χ4n) is 3.21. The second kappa shape index (κ2) is 17.9. The molecule has 5 nitrogen and oxygen atoms in total. The maximum atomic E-state index is 12.7. The van der Waals surface area contributed by atoms with E-state index in [1.54, 1.807) is 13.2 Å². The summed E-state index contributed by atoms with van der Waals surface area (Å²) in [4.78, 5) is 26.7. The molecule has 0 saturated heterocycles. The largest absolute Gasteiger partial charge is 0.381 e. The molecule has 5 heteroatoms. The minimum Gasteiger partial charge on any atom is -0.381 e. The number of rotatable bonds is 17. The molecular weight excluding hydrogens is 376 g/mol. The number of hydrogen-bond donors (Lipinski definition) is 1. The molecule has 0 spiro atoms. The second-order valence-electron chi connectivity index (χ2n) is 7.85. The first-order valence-electron chi connectivity index (χ1n) is 11.4. The lowest BCUT2D eigenvalue weighted by Crippen LogP contribution is -2.36. The van der Waals surface area contributed by atoms with E-state index in [0.29, 0.717) is 38.3 Å². The summed E-state index contributed by atoms with van der Waals surface area (Å²) in [5.74, 6) is 0.703. The first kappa shape index (κ1) is 28.1. The molecule has 0 rings (SSSR count). The van der Waals surface area contributed by atoms with Gasteiger partial charge in [-0.1, -0.05) is 63.6 Å². The third kappa shape index (κ3) is 13.4. The molecule has 0 fully saturated rings. The number of nitrogens with zero attached hydrogens (tertiary/aromatic N) is 1. The van der Waals surface area contributed by atoms with Crippen LogP contribution in [0.3, 0.4) is 0 Å². The van der Waals surface area contributed by atoms with E-state index < -0.39 is 0 Å². The molecular formula is C25H44N2O3. The summed E-state index contributed by atoms with van der Waals surface area (Å²) in [5, 5.41) is 2.97. The fourth-order valence-corrected chi connectivity index (χ4v) is 3.21. The van der Waals surface area contributed by atoms with E-state index in [-0.39, 0.29) is 17.9 Å². The lowest BCUT2D eigenvalue weighted by molar-refractivity contribution is -0.134. The summed E-state index contributed by atoms with van der Waals surface area (Å²) in [6, 6.07) is 0. The van der Waals surface area contributed by atoms with Crippen molar-refractivity contribution in [2.24, 2.45) is 5.92 Å². The molecule has 2 amide bonds. The van der Waals surface area contributed by atoms with E-state index in [2.05, 4.69) is 32.7 Å². The number of carbonyl (C=O) groups excluding carboxylic acids is 2. The lowest BCUT2D eigenvalue weighted by Gasteiger charge is -2.25. The molecule has 0 aromatic rings. The lowest BCUT2D eigenvalue weighted by atomic mass is 9.99. The third-order valence-corrected chi connectivity index (χ3v) is 5.33. The van der Waals surface area contributed by atoms with Gasteiger partial charge in [0.15, 0.2) is 0 Å². The van der Waals surface area contributed by atoms with Gasteiger partial charge in [0.1, 0.15) is 0 Å². The zero-order valence-corrected chi connectivity index (χ0v) is 19.9. The van der Waals surface area contributed by atoms with Crippen LogP contribution >= 0.6 is 0 Å². The van der Waals surface area contributed by atoms with Gasteiger partial charge in [-0.25, -0.2) is 0 Å². The Labute approximate surface area is 184 Å². The predicted octanol–water partition coefficient (Wildman–Crippen LogP) is 5.04. The molecule has 172 valence electrons. The van der Waals surface area contributed by atoms with Crippen LogP contribution in [0.15, 0.2) is 36.5 Å². The van der Waals surface area contributed by atoms with Crippen LogP contribution in [0.5, 0.6) is 0 Å². The molecule has 0 bridgehead atoms. The van der Waals surface area contributed by atoms with Crippen molar-refractivity contribution in [2.75, 3.05) is 26.7 Å². The number of nitrogens with one attached hydrogen (secondary N) is 1. The highest BCUT2D eigenvalue weighted by Crippen LogP contribution is 2.16.